The van der Waals surface area contributed by atoms with Gasteiger partial charge in [0.25, 0.3) is 5.91 Å². The number of methoxy groups -OCH3 is 1. The van der Waals surface area contributed by atoms with Crippen molar-refractivity contribution in [3.8, 4) is 5.75 Å². The number of carbonyl (C=O) groups excluding carboxylic acids is 1. The quantitative estimate of drug-likeness (QED) is 0.916. The third-order valence-electron chi connectivity index (χ3n) is 3.71. The molecule has 1 heterocycles. The molecule has 1 unspecified atom stereocenters. The molecular formula is C15H21BrN2O2. The highest BCUT2D eigenvalue weighted by atomic mass is 79.9. The fourth-order valence-corrected chi connectivity index (χ4v) is 2.96. The van der Waals surface area contributed by atoms with E-state index in [9.17, 15) is 4.79 Å². The average Bonchev–Trinajstić information content (AvgIpc) is 2.47. The molecular weight excluding hydrogens is 320 g/mol. The summed E-state index contributed by atoms with van der Waals surface area (Å²) in [5.41, 5.74) is 0.623. The van der Waals surface area contributed by atoms with E-state index in [4.69, 9.17) is 4.74 Å². The zero-order valence-electron chi connectivity index (χ0n) is 12.0. The van der Waals surface area contributed by atoms with Gasteiger partial charge >= 0.3 is 0 Å². The van der Waals surface area contributed by atoms with Gasteiger partial charge in [0.2, 0.25) is 0 Å². The Balaban J connectivity index is 2.04. The molecule has 0 aromatic heterocycles. The minimum Gasteiger partial charge on any atom is -0.497 e. The van der Waals surface area contributed by atoms with Gasteiger partial charge in [-0.2, -0.15) is 0 Å². The lowest BCUT2D eigenvalue weighted by molar-refractivity contribution is 0.0904. The largest absolute Gasteiger partial charge is 0.497 e. The maximum absolute atomic E-state index is 12.4. The average molecular weight is 341 g/mol. The molecule has 0 radical (unpaired) electrons. The van der Waals surface area contributed by atoms with Gasteiger partial charge in [0, 0.05) is 17.1 Å². The SMILES string of the molecule is CCN1CCCC(NC(=O)c2cc(OC)ccc2Br)C1. The molecule has 110 valence electrons. The predicted molar refractivity (Wildman–Crippen MR) is 83.3 cm³/mol. The number of nitrogens with zero attached hydrogens (tertiary/aromatic N) is 1. The van der Waals surface area contributed by atoms with E-state index in [-0.39, 0.29) is 11.9 Å². The van der Waals surface area contributed by atoms with Crippen LogP contribution >= 0.6 is 15.9 Å². The minimum atomic E-state index is -0.0428. The van der Waals surface area contributed by atoms with Gasteiger partial charge in [0.1, 0.15) is 5.75 Å². The van der Waals surface area contributed by atoms with Gasteiger partial charge in [-0.05, 0) is 60.1 Å². The van der Waals surface area contributed by atoms with Crippen LogP contribution in [0.15, 0.2) is 22.7 Å². The summed E-state index contributed by atoms with van der Waals surface area (Å²) in [6.07, 6.45) is 2.18. The summed E-state index contributed by atoms with van der Waals surface area (Å²) in [4.78, 5) is 14.8. The minimum absolute atomic E-state index is 0.0428. The molecule has 0 saturated carbocycles. The summed E-state index contributed by atoms with van der Waals surface area (Å²) in [7, 11) is 1.60. The van der Waals surface area contributed by atoms with Crippen molar-refractivity contribution >= 4 is 21.8 Å². The summed E-state index contributed by atoms with van der Waals surface area (Å²) in [6, 6.07) is 5.67. The molecule has 1 aromatic rings. The Kier molecular flexibility index (Phi) is 5.43. The Hall–Kier alpha value is -1.07. The van der Waals surface area contributed by atoms with Crippen molar-refractivity contribution in [1.29, 1.82) is 0 Å². The van der Waals surface area contributed by atoms with E-state index in [2.05, 4.69) is 33.1 Å². The van der Waals surface area contributed by atoms with Crippen molar-refractivity contribution in [1.82, 2.24) is 10.2 Å². The Labute approximate surface area is 128 Å². The van der Waals surface area contributed by atoms with Crippen LogP contribution in [0.2, 0.25) is 0 Å². The van der Waals surface area contributed by atoms with Crippen LogP contribution in [0, 0.1) is 0 Å². The first-order chi connectivity index (χ1) is 9.63. The summed E-state index contributed by atoms with van der Waals surface area (Å²) in [6.45, 7) is 5.26. The van der Waals surface area contributed by atoms with E-state index in [0.717, 1.165) is 36.9 Å². The topological polar surface area (TPSA) is 41.6 Å². The van der Waals surface area contributed by atoms with Crippen LogP contribution in [0.3, 0.4) is 0 Å². The zero-order chi connectivity index (χ0) is 14.5. The molecule has 0 spiro atoms. The number of benzene rings is 1. The first-order valence-corrected chi connectivity index (χ1v) is 7.80. The van der Waals surface area contributed by atoms with Gasteiger partial charge in [-0.3, -0.25) is 4.79 Å². The molecule has 1 amide bonds. The van der Waals surface area contributed by atoms with Gasteiger partial charge in [0.15, 0.2) is 0 Å². The Bertz CT molecular complexity index is 479. The van der Waals surface area contributed by atoms with E-state index >= 15 is 0 Å². The maximum atomic E-state index is 12.4. The molecule has 0 bridgehead atoms. The summed E-state index contributed by atoms with van der Waals surface area (Å²) < 4.78 is 5.97. The highest BCUT2D eigenvalue weighted by molar-refractivity contribution is 9.10. The number of piperidine rings is 1. The molecule has 0 aliphatic carbocycles. The standard InChI is InChI=1S/C15H21BrN2O2/c1-3-18-8-4-5-11(10-18)17-15(19)13-9-12(20-2)6-7-14(13)16/h6-7,9,11H,3-5,8,10H2,1-2H3,(H,17,19). The molecule has 5 heteroatoms. The van der Waals surface area contributed by atoms with Crippen LogP contribution in [0.4, 0.5) is 0 Å². The second-order valence-electron chi connectivity index (χ2n) is 5.05. The van der Waals surface area contributed by atoms with Crippen molar-refractivity contribution < 1.29 is 9.53 Å². The van der Waals surface area contributed by atoms with Gasteiger partial charge < -0.3 is 15.0 Å². The number of carbonyl (C=O) groups is 1. The van der Waals surface area contributed by atoms with Crippen molar-refractivity contribution in [2.45, 2.75) is 25.8 Å². The predicted octanol–water partition coefficient (Wildman–Crippen LogP) is 2.67. The molecule has 1 N–H and O–H groups in total. The van der Waals surface area contributed by atoms with E-state index in [1.54, 1.807) is 13.2 Å². The van der Waals surface area contributed by atoms with Crippen molar-refractivity contribution in [2.24, 2.45) is 0 Å². The van der Waals surface area contributed by atoms with Gasteiger partial charge in [0.05, 0.1) is 12.7 Å². The number of likely N-dealkylation sites (tertiary alicyclic amines) is 1. The van der Waals surface area contributed by atoms with Gasteiger partial charge in [-0.25, -0.2) is 0 Å². The zero-order valence-corrected chi connectivity index (χ0v) is 13.6. The Morgan fingerprint density at radius 1 is 1.55 bits per heavy atom. The van der Waals surface area contributed by atoms with Crippen molar-refractivity contribution in [2.75, 3.05) is 26.7 Å². The molecule has 1 atom stereocenters. The Morgan fingerprint density at radius 2 is 2.35 bits per heavy atom. The fraction of sp³-hybridized carbons (Fsp3) is 0.533. The third kappa shape index (κ3) is 3.73. The second-order valence-corrected chi connectivity index (χ2v) is 5.91. The van der Waals surface area contributed by atoms with E-state index in [1.807, 2.05) is 12.1 Å². The first-order valence-electron chi connectivity index (χ1n) is 7.00. The number of likely N-dealkylation sites (N-methyl/N-ethyl adjacent to an activating group) is 1. The van der Waals surface area contributed by atoms with Crippen LogP contribution < -0.4 is 10.1 Å². The maximum Gasteiger partial charge on any atom is 0.252 e. The molecule has 4 nitrogen and oxygen atoms in total. The molecule has 20 heavy (non-hydrogen) atoms. The van der Waals surface area contributed by atoms with Crippen LogP contribution in [-0.2, 0) is 0 Å². The summed E-state index contributed by atoms with van der Waals surface area (Å²) >= 11 is 3.42. The number of nitrogens with one attached hydrogen (secondary N) is 1. The van der Waals surface area contributed by atoms with Crippen LogP contribution in [0.25, 0.3) is 0 Å². The second kappa shape index (κ2) is 7.09. The van der Waals surface area contributed by atoms with Gasteiger partial charge in [-0.1, -0.05) is 6.92 Å². The number of halogens is 1. The first kappa shape index (κ1) is 15.3. The highest BCUT2D eigenvalue weighted by Gasteiger charge is 2.21. The van der Waals surface area contributed by atoms with Crippen LogP contribution in [-0.4, -0.2) is 43.6 Å². The monoisotopic (exact) mass is 340 g/mol. The van der Waals surface area contributed by atoms with Gasteiger partial charge in [-0.15, -0.1) is 0 Å². The number of rotatable bonds is 4. The highest BCUT2D eigenvalue weighted by Crippen LogP contribution is 2.23. The lowest BCUT2D eigenvalue weighted by Crippen LogP contribution is -2.47. The van der Waals surface area contributed by atoms with E-state index < -0.39 is 0 Å². The van der Waals surface area contributed by atoms with Crippen LogP contribution in [0.5, 0.6) is 5.75 Å². The molecule has 2 rings (SSSR count). The normalized spacial score (nSPS) is 19.6. The lowest BCUT2D eigenvalue weighted by atomic mass is 10.1. The number of hydrogen-bond acceptors (Lipinski definition) is 3. The summed E-state index contributed by atoms with van der Waals surface area (Å²) in [5.74, 6) is 0.649. The van der Waals surface area contributed by atoms with Crippen molar-refractivity contribution in [3.63, 3.8) is 0 Å². The lowest BCUT2D eigenvalue weighted by Gasteiger charge is -2.32. The molecule has 1 aromatic carbocycles. The van der Waals surface area contributed by atoms with E-state index in [1.165, 1.54) is 0 Å². The third-order valence-corrected chi connectivity index (χ3v) is 4.40. The Morgan fingerprint density at radius 3 is 3.05 bits per heavy atom. The van der Waals surface area contributed by atoms with Crippen molar-refractivity contribution in [3.05, 3.63) is 28.2 Å². The smallest absolute Gasteiger partial charge is 0.252 e. The van der Waals surface area contributed by atoms with E-state index in [0.29, 0.717) is 11.3 Å². The molecule has 1 aliphatic heterocycles. The molecule has 1 saturated heterocycles. The van der Waals surface area contributed by atoms with Crippen LogP contribution in [0.1, 0.15) is 30.1 Å². The fourth-order valence-electron chi connectivity index (χ4n) is 2.53. The number of amides is 1. The number of ether oxygens (including phenoxy) is 1. The summed E-state index contributed by atoms with van der Waals surface area (Å²) in [5, 5.41) is 3.13. The molecule has 1 fully saturated rings. The molecule has 1 aliphatic rings. The number of hydrogen-bond donors (Lipinski definition) is 1.